The van der Waals surface area contributed by atoms with Gasteiger partial charge in [-0.2, -0.15) is 0 Å². The SMILES string of the molecule is [CH3][Ru](=[C]=O)(=[C]=O)[C]1=CC=CC1. The monoisotopic (exact) mass is 238 g/mol. The van der Waals surface area contributed by atoms with Gasteiger partial charge in [-0.3, -0.25) is 0 Å². The van der Waals surface area contributed by atoms with Gasteiger partial charge in [-0.25, -0.2) is 0 Å². The molecular formula is C8H8O2Ru. The molecule has 0 unspecified atom stereocenters. The molecule has 0 aromatic heterocycles. The Balaban J connectivity index is 3.32. The van der Waals surface area contributed by atoms with Crippen molar-refractivity contribution in [1.29, 1.82) is 0 Å². The molecule has 0 aromatic carbocycles. The quantitative estimate of drug-likeness (QED) is 0.641. The molecule has 2 nitrogen and oxygen atoms in total. The van der Waals surface area contributed by atoms with Crippen molar-refractivity contribution < 1.29 is 23.5 Å². The van der Waals surface area contributed by atoms with Gasteiger partial charge in [-0.05, 0) is 0 Å². The zero-order chi connectivity index (χ0) is 8.32. The predicted molar refractivity (Wildman–Crippen MR) is 39.1 cm³/mol. The zero-order valence-electron chi connectivity index (χ0n) is 6.11. The van der Waals surface area contributed by atoms with E-state index in [1.807, 2.05) is 27.2 Å². The fraction of sp³-hybridized carbons (Fsp3) is 0.250. The first-order valence-corrected chi connectivity index (χ1v) is 7.35. The third-order valence-corrected chi connectivity index (χ3v) is 5.76. The molecule has 0 saturated carbocycles. The van der Waals surface area contributed by atoms with E-state index in [-0.39, 0.29) is 0 Å². The van der Waals surface area contributed by atoms with Gasteiger partial charge in [0.1, 0.15) is 0 Å². The summed E-state index contributed by atoms with van der Waals surface area (Å²) >= 11 is -2.90. The standard InChI is InChI=1S/C5H5.2CO.CH3.Ru/c1-2-4-5-3-1;2*1-2;;/h1-3H,4H2;;;1H3;. The van der Waals surface area contributed by atoms with Crippen molar-refractivity contribution in [3.05, 3.63) is 22.4 Å². The molecule has 60 valence electrons. The molecule has 1 aliphatic carbocycles. The summed E-state index contributed by atoms with van der Waals surface area (Å²) in [6.07, 6.45) is 6.36. The van der Waals surface area contributed by atoms with E-state index in [1.54, 1.807) is 5.52 Å². The maximum absolute atomic E-state index is 10.5. The average Bonchev–Trinajstić information content (AvgIpc) is 2.55. The first kappa shape index (κ1) is 8.36. The van der Waals surface area contributed by atoms with Gasteiger partial charge in [0.05, 0.1) is 0 Å². The topological polar surface area (TPSA) is 34.1 Å². The summed E-state index contributed by atoms with van der Waals surface area (Å²) in [4.78, 5) is 20.9. The van der Waals surface area contributed by atoms with Crippen LogP contribution in [0.4, 0.5) is 0 Å². The van der Waals surface area contributed by atoms with Crippen LogP contribution >= 0.6 is 0 Å². The Kier molecular flexibility index (Phi) is 2.36. The van der Waals surface area contributed by atoms with Crippen LogP contribution in [0.25, 0.3) is 0 Å². The van der Waals surface area contributed by atoms with E-state index in [2.05, 4.69) is 0 Å². The Hall–Kier alpha value is -0.737. The minimum absolute atomic E-state index is 0.729. The fourth-order valence-corrected chi connectivity index (χ4v) is 2.97. The average molecular weight is 237 g/mol. The summed E-state index contributed by atoms with van der Waals surface area (Å²) < 4.78 is 4.65. The van der Waals surface area contributed by atoms with Crippen LogP contribution in [0.3, 0.4) is 0 Å². The maximum atomic E-state index is 10.5. The van der Waals surface area contributed by atoms with Crippen LogP contribution in [0, 0.1) is 0 Å². The van der Waals surface area contributed by atoms with E-state index in [4.69, 9.17) is 0 Å². The first-order valence-electron chi connectivity index (χ1n) is 3.01. The van der Waals surface area contributed by atoms with E-state index in [1.165, 1.54) is 0 Å². The molecule has 1 aliphatic rings. The Labute approximate surface area is 67.1 Å². The molecule has 0 radical (unpaired) electrons. The van der Waals surface area contributed by atoms with Crippen molar-refractivity contribution in [1.82, 2.24) is 0 Å². The van der Waals surface area contributed by atoms with Crippen molar-refractivity contribution in [2.24, 2.45) is 0 Å². The number of carbonyl (C=O) groups excluding carboxylic acids is 2. The molecule has 3 heteroatoms. The second-order valence-electron chi connectivity index (χ2n) is 2.17. The summed E-state index contributed by atoms with van der Waals surface area (Å²) in [5, 5.41) is 0. The molecule has 0 atom stereocenters. The molecular weight excluding hydrogens is 229 g/mol. The minimum atomic E-state index is -2.90. The molecule has 1 rings (SSSR count). The molecule has 0 spiro atoms. The van der Waals surface area contributed by atoms with E-state index >= 15 is 0 Å². The second kappa shape index (κ2) is 3.11. The van der Waals surface area contributed by atoms with Crippen molar-refractivity contribution in [3.63, 3.8) is 0 Å². The van der Waals surface area contributed by atoms with Crippen molar-refractivity contribution >= 4 is 8.95 Å². The van der Waals surface area contributed by atoms with E-state index < -0.39 is 13.9 Å². The Morgan fingerprint density at radius 1 is 1.45 bits per heavy atom. The van der Waals surface area contributed by atoms with Crippen LogP contribution < -0.4 is 0 Å². The van der Waals surface area contributed by atoms with Gasteiger partial charge in [-0.15, -0.1) is 0 Å². The normalized spacial score (nSPS) is 17.0. The van der Waals surface area contributed by atoms with Crippen LogP contribution in [0.5, 0.6) is 0 Å². The number of hydrogen-bond donors (Lipinski definition) is 0. The van der Waals surface area contributed by atoms with Gasteiger partial charge in [0.2, 0.25) is 0 Å². The number of allylic oxidation sites excluding steroid dienone is 4. The molecule has 0 bridgehead atoms. The third-order valence-electron chi connectivity index (χ3n) is 1.46. The molecule has 11 heavy (non-hydrogen) atoms. The molecule has 0 fully saturated rings. The first-order chi connectivity index (χ1) is 5.23. The summed E-state index contributed by atoms with van der Waals surface area (Å²) in [6, 6.07) is 0. The van der Waals surface area contributed by atoms with Gasteiger partial charge >= 0.3 is 66.7 Å². The predicted octanol–water partition coefficient (Wildman–Crippen LogP) is 1.17. The Bertz CT molecular complexity index is 362. The molecule has 0 heterocycles. The van der Waals surface area contributed by atoms with Gasteiger partial charge in [0, 0.05) is 0 Å². The van der Waals surface area contributed by atoms with Crippen LogP contribution in [-0.2, 0) is 23.5 Å². The van der Waals surface area contributed by atoms with E-state index in [0.717, 1.165) is 10.6 Å². The fourth-order valence-electron chi connectivity index (χ4n) is 0.786. The van der Waals surface area contributed by atoms with Crippen LogP contribution in [0.2, 0.25) is 5.52 Å². The molecule has 0 saturated heterocycles. The third kappa shape index (κ3) is 1.47. The molecule has 0 amide bonds. The summed E-state index contributed by atoms with van der Waals surface area (Å²) in [6.45, 7) is 0. The van der Waals surface area contributed by atoms with Crippen molar-refractivity contribution in [2.45, 2.75) is 11.9 Å². The number of hydrogen-bond acceptors (Lipinski definition) is 2. The van der Waals surface area contributed by atoms with Crippen molar-refractivity contribution in [2.75, 3.05) is 0 Å². The van der Waals surface area contributed by atoms with Crippen LogP contribution in [0.1, 0.15) is 6.42 Å². The Morgan fingerprint density at radius 2 is 2.09 bits per heavy atom. The molecule has 0 aromatic rings. The zero-order valence-corrected chi connectivity index (χ0v) is 7.85. The Morgan fingerprint density at radius 3 is 2.45 bits per heavy atom. The van der Waals surface area contributed by atoms with Gasteiger partial charge in [0.25, 0.3) is 0 Å². The van der Waals surface area contributed by atoms with Gasteiger partial charge in [0.15, 0.2) is 0 Å². The van der Waals surface area contributed by atoms with Crippen LogP contribution in [0.15, 0.2) is 22.4 Å². The summed E-state index contributed by atoms with van der Waals surface area (Å²) in [5.41, 5.74) is 1.69. The summed E-state index contributed by atoms with van der Waals surface area (Å²) in [7, 11) is 0. The van der Waals surface area contributed by atoms with Gasteiger partial charge in [-0.1, -0.05) is 0 Å². The second-order valence-corrected chi connectivity index (χ2v) is 7.91. The van der Waals surface area contributed by atoms with Crippen LogP contribution in [-0.4, -0.2) is 8.95 Å². The summed E-state index contributed by atoms with van der Waals surface area (Å²) in [5.74, 6) is 0. The van der Waals surface area contributed by atoms with E-state index in [0.29, 0.717) is 0 Å². The molecule has 0 N–H and O–H groups in total. The number of rotatable bonds is 1. The van der Waals surface area contributed by atoms with Crippen molar-refractivity contribution in [3.8, 4) is 0 Å². The molecule has 0 aliphatic heterocycles. The van der Waals surface area contributed by atoms with Gasteiger partial charge < -0.3 is 0 Å². The van der Waals surface area contributed by atoms with E-state index in [9.17, 15) is 9.59 Å².